The molecule has 86 valence electrons. The molecule has 0 bridgehead atoms. The minimum atomic E-state index is 0.734. The van der Waals surface area contributed by atoms with Crippen LogP contribution < -0.4 is 5.32 Å². The Morgan fingerprint density at radius 2 is 2.35 bits per heavy atom. The maximum Gasteiger partial charge on any atom is 0.0991 e. The summed E-state index contributed by atoms with van der Waals surface area (Å²) in [4.78, 5) is 0. The molecule has 0 radical (unpaired) electrons. The molecule has 0 spiro atoms. The zero-order valence-electron chi connectivity index (χ0n) is 9.69. The van der Waals surface area contributed by atoms with Crippen LogP contribution in [-0.4, -0.2) is 17.7 Å². The third kappa shape index (κ3) is 1.92. The smallest absolute Gasteiger partial charge is 0.0991 e. The molecule has 1 atom stereocenters. The predicted octanol–water partition coefficient (Wildman–Crippen LogP) is 2.12. The van der Waals surface area contributed by atoms with Crippen molar-refractivity contribution in [1.29, 1.82) is 5.26 Å². The van der Waals surface area contributed by atoms with Crippen molar-refractivity contribution < 1.29 is 0 Å². The fraction of sp³-hybridized carbons (Fsp3) is 0.357. The highest BCUT2D eigenvalue weighted by Gasteiger charge is 2.15. The Bertz CT molecular complexity index is 571. The number of rotatable bonds is 2. The summed E-state index contributed by atoms with van der Waals surface area (Å²) in [5, 5.41) is 13.4. The normalized spacial score (nSPS) is 19.6. The lowest BCUT2D eigenvalue weighted by Crippen LogP contribution is -2.13. The van der Waals surface area contributed by atoms with E-state index < -0.39 is 0 Å². The highest BCUT2D eigenvalue weighted by molar-refractivity contribution is 5.81. The van der Waals surface area contributed by atoms with Gasteiger partial charge in [0.2, 0.25) is 0 Å². The first-order valence-electron chi connectivity index (χ1n) is 6.06. The summed E-state index contributed by atoms with van der Waals surface area (Å²) in [5.74, 6) is 0.737. The fourth-order valence-electron chi connectivity index (χ4n) is 2.58. The van der Waals surface area contributed by atoms with Crippen molar-refractivity contribution in [1.82, 2.24) is 9.88 Å². The van der Waals surface area contributed by atoms with Crippen LogP contribution in [-0.2, 0) is 6.54 Å². The van der Waals surface area contributed by atoms with E-state index in [1.54, 1.807) is 0 Å². The second-order valence-electron chi connectivity index (χ2n) is 4.71. The van der Waals surface area contributed by atoms with E-state index in [0.717, 1.165) is 36.5 Å². The SMILES string of the molecule is N#Cc1ccc2c(ccn2CC2CCNC2)c1. The van der Waals surface area contributed by atoms with Gasteiger partial charge in [-0.1, -0.05) is 0 Å². The third-order valence-electron chi connectivity index (χ3n) is 3.52. The molecule has 1 aromatic carbocycles. The lowest BCUT2D eigenvalue weighted by molar-refractivity contribution is 0.491. The molecule has 3 nitrogen and oxygen atoms in total. The minimum Gasteiger partial charge on any atom is -0.347 e. The van der Waals surface area contributed by atoms with Crippen LogP contribution in [0, 0.1) is 17.2 Å². The monoisotopic (exact) mass is 225 g/mol. The summed E-state index contributed by atoms with van der Waals surface area (Å²) in [6, 6.07) is 10.2. The average Bonchev–Trinajstić information content (AvgIpc) is 2.99. The Morgan fingerprint density at radius 3 is 3.12 bits per heavy atom. The van der Waals surface area contributed by atoms with Crippen LogP contribution in [0.2, 0.25) is 0 Å². The molecule has 0 amide bonds. The molecule has 1 aliphatic rings. The van der Waals surface area contributed by atoms with E-state index in [4.69, 9.17) is 5.26 Å². The Labute approximate surface area is 101 Å². The molecule has 1 unspecified atom stereocenters. The summed E-state index contributed by atoms with van der Waals surface area (Å²) >= 11 is 0. The molecule has 1 saturated heterocycles. The average molecular weight is 225 g/mol. The second-order valence-corrected chi connectivity index (χ2v) is 4.71. The number of nitriles is 1. The molecule has 3 rings (SSSR count). The maximum atomic E-state index is 8.87. The van der Waals surface area contributed by atoms with Gasteiger partial charge in [-0.25, -0.2) is 0 Å². The molecule has 1 aliphatic heterocycles. The van der Waals surface area contributed by atoms with Crippen molar-refractivity contribution in [3.8, 4) is 6.07 Å². The van der Waals surface area contributed by atoms with Gasteiger partial charge in [0.05, 0.1) is 11.6 Å². The summed E-state index contributed by atoms with van der Waals surface area (Å²) in [7, 11) is 0. The number of aromatic nitrogens is 1. The molecule has 2 heterocycles. The third-order valence-corrected chi connectivity index (χ3v) is 3.52. The predicted molar refractivity (Wildman–Crippen MR) is 67.6 cm³/mol. The van der Waals surface area contributed by atoms with Crippen molar-refractivity contribution in [2.75, 3.05) is 13.1 Å². The number of benzene rings is 1. The lowest BCUT2D eigenvalue weighted by atomic mass is 10.1. The fourth-order valence-corrected chi connectivity index (χ4v) is 2.58. The van der Waals surface area contributed by atoms with Crippen molar-refractivity contribution in [3.05, 3.63) is 36.0 Å². The Hall–Kier alpha value is -1.79. The molecule has 3 heteroatoms. The quantitative estimate of drug-likeness (QED) is 0.850. The van der Waals surface area contributed by atoms with E-state index in [-0.39, 0.29) is 0 Å². The van der Waals surface area contributed by atoms with E-state index in [1.165, 1.54) is 11.9 Å². The van der Waals surface area contributed by atoms with E-state index in [9.17, 15) is 0 Å². The topological polar surface area (TPSA) is 40.8 Å². The van der Waals surface area contributed by atoms with Gasteiger partial charge in [0.15, 0.2) is 0 Å². The van der Waals surface area contributed by atoms with Gasteiger partial charge in [-0.2, -0.15) is 5.26 Å². The van der Waals surface area contributed by atoms with Crippen molar-refractivity contribution in [2.24, 2.45) is 5.92 Å². The van der Waals surface area contributed by atoms with Gasteiger partial charge < -0.3 is 9.88 Å². The number of hydrogen-bond donors (Lipinski definition) is 1. The first kappa shape index (κ1) is 10.4. The van der Waals surface area contributed by atoms with Gasteiger partial charge in [-0.3, -0.25) is 0 Å². The second kappa shape index (κ2) is 4.23. The molecular weight excluding hydrogens is 210 g/mol. The summed E-state index contributed by atoms with van der Waals surface area (Å²) in [6.07, 6.45) is 3.39. The Balaban J connectivity index is 1.92. The van der Waals surface area contributed by atoms with Crippen LogP contribution in [0.1, 0.15) is 12.0 Å². The summed E-state index contributed by atoms with van der Waals surface area (Å²) in [5.41, 5.74) is 1.97. The number of hydrogen-bond acceptors (Lipinski definition) is 2. The maximum absolute atomic E-state index is 8.87. The van der Waals surface area contributed by atoms with Crippen LogP contribution in [0.25, 0.3) is 10.9 Å². The standard InChI is InChI=1S/C14H15N3/c15-8-11-1-2-14-13(7-11)4-6-17(14)10-12-3-5-16-9-12/h1-2,4,6-7,12,16H,3,5,9-10H2. The largest absolute Gasteiger partial charge is 0.347 e. The molecule has 0 saturated carbocycles. The van der Waals surface area contributed by atoms with Crippen molar-refractivity contribution in [2.45, 2.75) is 13.0 Å². The molecule has 1 fully saturated rings. The van der Waals surface area contributed by atoms with Gasteiger partial charge in [-0.05, 0) is 49.7 Å². The van der Waals surface area contributed by atoms with Crippen molar-refractivity contribution in [3.63, 3.8) is 0 Å². The van der Waals surface area contributed by atoms with Gasteiger partial charge in [-0.15, -0.1) is 0 Å². The van der Waals surface area contributed by atoms with Gasteiger partial charge >= 0.3 is 0 Å². The molecule has 0 aliphatic carbocycles. The first-order valence-corrected chi connectivity index (χ1v) is 6.06. The zero-order chi connectivity index (χ0) is 11.7. The zero-order valence-corrected chi connectivity index (χ0v) is 9.69. The van der Waals surface area contributed by atoms with Crippen LogP contribution in [0.3, 0.4) is 0 Å². The molecule has 2 aromatic rings. The first-order chi connectivity index (χ1) is 8.36. The Morgan fingerprint density at radius 1 is 1.41 bits per heavy atom. The molecule has 17 heavy (non-hydrogen) atoms. The number of nitrogens with zero attached hydrogens (tertiary/aromatic N) is 2. The number of fused-ring (bicyclic) bond motifs is 1. The lowest BCUT2D eigenvalue weighted by Gasteiger charge is -2.10. The highest BCUT2D eigenvalue weighted by Crippen LogP contribution is 2.20. The summed E-state index contributed by atoms with van der Waals surface area (Å²) < 4.78 is 2.30. The van der Waals surface area contributed by atoms with Gasteiger partial charge in [0.25, 0.3) is 0 Å². The van der Waals surface area contributed by atoms with Crippen LogP contribution in [0.5, 0.6) is 0 Å². The van der Waals surface area contributed by atoms with Crippen LogP contribution in [0.4, 0.5) is 0 Å². The highest BCUT2D eigenvalue weighted by atomic mass is 15.0. The van der Waals surface area contributed by atoms with Gasteiger partial charge in [0, 0.05) is 23.6 Å². The van der Waals surface area contributed by atoms with E-state index in [1.807, 2.05) is 12.1 Å². The number of nitrogens with one attached hydrogen (secondary N) is 1. The molecule has 1 aromatic heterocycles. The van der Waals surface area contributed by atoms with Crippen molar-refractivity contribution >= 4 is 10.9 Å². The minimum absolute atomic E-state index is 0.734. The van der Waals surface area contributed by atoms with E-state index >= 15 is 0 Å². The molecule has 1 N–H and O–H groups in total. The van der Waals surface area contributed by atoms with Crippen LogP contribution in [0.15, 0.2) is 30.5 Å². The van der Waals surface area contributed by atoms with Gasteiger partial charge in [0.1, 0.15) is 0 Å². The summed E-state index contributed by atoms with van der Waals surface area (Å²) in [6.45, 7) is 3.33. The Kier molecular flexibility index (Phi) is 2.58. The molecular formula is C14H15N3. The van der Waals surface area contributed by atoms with E-state index in [0.29, 0.717) is 0 Å². The van der Waals surface area contributed by atoms with E-state index in [2.05, 4.69) is 34.3 Å². The van der Waals surface area contributed by atoms with Crippen LogP contribution >= 0.6 is 0 Å².